The zero-order valence-electron chi connectivity index (χ0n) is 8.61. The molecule has 1 N–H and O–H groups in total. The first-order chi connectivity index (χ1) is 7.43. The number of rotatable bonds is 2. The maximum Gasteiger partial charge on any atom is 0.122 e. The van der Waals surface area contributed by atoms with E-state index < -0.39 is 0 Å². The van der Waals surface area contributed by atoms with Crippen LogP contribution in [0.3, 0.4) is 0 Å². The molecule has 2 fully saturated rings. The monoisotopic (exact) mass is 225 g/mol. The van der Waals surface area contributed by atoms with Crippen molar-refractivity contribution in [1.82, 2.24) is 15.5 Å². The van der Waals surface area contributed by atoms with Crippen molar-refractivity contribution in [2.75, 3.05) is 26.3 Å². The molecule has 1 aromatic rings. The van der Waals surface area contributed by atoms with Crippen molar-refractivity contribution >= 4 is 11.3 Å². The summed E-state index contributed by atoms with van der Waals surface area (Å²) in [6, 6.07) is 0. The summed E-state index contributed by atoms with van der Waals surface area (Å²) in [5.41, 5.74) is 0. The lowest BCUT2D eigenvalue weighted by molar-refractivity contribution is 0.194. The summed E-state index contributed by atoms with van der Waals surface area (Å²) in [7, 11) is 0. The van der Waals surface area contributed by atoms with E-state index >= 15 is 0 Å². The molecule has 15 heavy (non-hydrogen) atoms. The molecule has 2 atom stereocenters. The van der Waals surface area contributed by atoms with Crippen LogP contribution in [0.4, 0.5) is 0 Å². The standard InChI is InChI=1S/C10H15N3OS/c1-3-11-5-7(1)9-12-13-10(15-9)8-2-4-14-6-8/h7-8,11H,1-6H2. The molecule has 0 aromatic carbocycles. The highest BCUT2D eigenvalue weighted by Gasteiger charge is 2.25. The summed E-state index contributed by atoms with van der Waals surface area (Å²) in [5.74, 6) is 1.10. The van der Waals surface area contributed by atoms with Gasteiger partial charge in [0.2, 0.25) is 0 Å². The van der Waals surface area contributed by atoms with Crippen LogP contribution >= 0.6 is 11.3 Å². The summed E-state index contributed by atoms with van der Waals surface area (Å²) in [6.45, 7) is 3.89. The minimum Gasteiger partial charge on any atom is -0.381 e. The lowest BCUT2D eigenvalue weighted by atomic mass is 10.1. The lowest BCUT2D eigenvalue weighted by Gasteiger charge is -2.01. The van der Waals surface area contributed by atoms with E-state index in [0.717, 1.165) is 32.7 Å². The predicted molar refractivity (Wildman–Crippen MR) is 58.3 cm³/mol. The molecule has 5 heteroatoms. The van der Waals surface area contributed by atoms with E-state index in [1.54, 1.807) is 11.3 Å². The van der Waals surface area contributed by atoms with Gasteiger partial charge < -0.3 is 10.1 Å². The van der Waals surface area contributed by atoms with Gasteiger partial charge in [0.05, 0.1) is 6.61 Å². The van der Waals surface area contributed by atoms with Crippen LogP contribution < -0.4 is 5.32 Å². The minimum atomic E-state index is 0.505. The molecule has 2 aliphatic heterocycles. The Morgan fingerprint density at radius 2 is 2.07 bits per heavy atom. The fraction of sp³-hybridized carbons (Fsp3) is 0.800. The van der Waals surface area contributed by atoms with Crippen LogP contribution in [0.1, 0.15) is 34.7 Å². The topological polar surface area (TPSA) is 47.0 Å². The highest BCUT2D eigenvalue weighted by molar-refractivity contribution is 7.11. The molecule has 0 bridgehead atoms. The average Bonchev–Trinajstić information content (AvgIpc) is 3.02. The summed E-state index contributed by atoms with van der Waals surface area (Å²) in [4.78, 5) is 0. The molecule has 0 aliphatic carbocycles. The molecule has 4 nitrogen and oxygen atoms in total. The zero-order valence-corrected chi connectivity index (χ0v) is 9.42. The predicted octanol–water partition coefficient (Wildman–Crippen LogP) is 1.12. The lowest BCUT2D eigenvalue weighted by Crippen LogP contribution is -2.07. The molecule has 2 aliphatic rings. The third-order valence-electron chi connectivity index (χ3n) is 3.14. The van der Waals surface area contributed by atoms with Crippen LogP contribution in [0.15, 0.2) is 0 Å². The van der Waals surface area contributed by atoms with Gasteiger partial charge in [0.25, 0.3) is 0 Å². The maximum absolute atomic E-state index is 5.37. The molecule has 0 saturated carbocycles. The molecule has 3 heterocycles. The molecule has 2 unspecified atom stereocenters. The smallest absolute Gasteiger partial charge is 0.122 e. The zero-order chi connectivity index (χ0) is 10.1. The third-order valence-corrected chi connectivity index (χ3v) is 4.39. The van der Waals surface area contributed by atoms with E-state index in [0.29, 0.717) is 11.8 Å². The van der Waals surface area contributed by atoms with Crippen molar-refractivity contribution in [2.45, 2.75) is 24.7 Å². The SMILES string of the molecule is C1CC(c2nnc(C3CCOC3)s2)CN1. The van der Waals surface area contributed by atoms with Crippen LogP contribution in [0.5, 0.6) is 0 Å². The molecule has 0 amide bonds. The largest absolute Gasteiger partial charge is 0.381 e. The van der Waals surface area contributed by atoms with Crippen molar-refractivity contribution < 1.29 is 4.74 Å². The molecule has 3 rings (SSSR count). The van der Waals surface area contributed by atoms with Crippen LogP contribution in [0.25, 0.3) is 0 Å². The Labute approximate surface area is 93.1 Å². The van der Waals surface area contributed by atoms with Gasteiger partial charge in [0.1, 0.15) is 10.0 Å². The van der Waals surface area contributed by atoms with Gasteiger partial charge in [0, 0.05) is 25.0 Å². The number of aromatic nitrogens is 2. The van der Waals surface area contributed by atoms with E-state index in [2.05, 4.69) is 15.5 Å². The Morgan fingerprint density at radius 3 is 2.73 bits per heavy atom. The van der Waals surface area contributed by atoms with Crippen molar-refractivity contribution in [3.05, 3.63) is 10.0 Å². The molecule has 0 radical (unpaired) electrons. The highest BCUT2D eigenvalue weighted by atomic mass is 32.1. The second-order valence-electron chi connectivity index (χ2n) is 4.23. The fourth-order valence-electron chi connectivity index (χ4n) is 2.17. The second kappa shape index (κ2) is 4.15. The van der Waals surface area contributed by atoms with Gasteiger partial charge in [-0.15, -0.1) is 21.5 Å². The van der Waals surface area contributed by atoms with Gasteiger partial charge in [-0.05, 0) is 19.4 Å². The molecular weight excluding hydrogens is 210 g/mol. The van der Waals surface area contributed by atoms with Gasteiger partial charge >= 0.3 is 0 Å². The first kappa shape index (κ1) is 9.69. The second-order valence-corrected chi connectivity index (χ2v) is 5.27. The van der Waals surface area contributed by atoms with Crippen molar-refractivity contribution in [1.29, 1.82) is 0 Å². The molecule has 0 spiro atoms. The van der Waals surface area contributed by atoms with E-state index in [9.17, 15) is 0 Å². The number of hydrogen-bond donors (Lipinski definition) is 1. The number of nitrogens with zero attached hydrogens (tertiary/aromatic N) is 2. The van der Waals surface area contributed by atoms with E-state index in [4.69, 9.17) is 4.74 Å². The summed E-state index contributed by atoms with van der Waals surface area (Å²) in [5, 5.41) is 14.4. The van der Waals surface area contributed by atoms with Crippen molar-refractivity contribution in [3.63, 3.8) is 0 Å². The van der Waals surface area contributed by atoms with Crippen molar-refractivity contribution in [2.24, 2.45) is 0 Å². The van der Waals surface area contributed by atoms with Gasteiger partial charge in [-0.3, -0.25) is 0 Å². The number of ether oxygens (including phenoxy) is 1. The highest BCUT2D eigenvalue weighted by Crippen LogP contribution is 2.31. The van der Waals surface area contributed by atoms with E-state index in [1.807, 2.05) is 0 Å². The van der Waals surface area contributed by atoms with Crippen LogP contribution in [-0.4, -0.2) is 36.5 Å². The quantitative estimate of drug-likeness (QED) is 0.819. The van der Waals surface area contributed by atoms with Gasteiger partial charge in [-0.2, -0.15) is 0 Å². The normalized spacial score (nSPS) is 31.2. The summed E-state index contributed by atoms with van der Waals surface area (Å²) < 4.78 is 5.37. The Bertz CT molecular complexity index is 299. The first-order valence-corrected chi connectivity index (χ1v) is 6.37. The van der Waals surface area contributed by atoms with Crippen molar-refractivity contribution in [3.8, 4) is 0 Å². The average molecular weight is 225 g/mol. The van der Waals surface area contributed by atoms with Crippen LogP contribution in [-0.2, 0) is 4.74 Å². The summed E-state index contributed by atoms with van der Waals surface area (Å²) in [6.07, 6.45) is 2.31. The van der Waals surface area contributed by atoms with Gasteiger partial charge in [0.15, 0.2) is 0 Å². The number of nitrogens with one attached hydrogen (secondary N) is 1. The maximum atomic E-state index is 5.37. The van der Waals surface area contributed by atoms with E-state index in [-0.39, 0.29) is 0 Å². The molecule has 2 saturated heterocycles. The number of hydrogen-bond acceptors (Lipinski definition) is 5. The Kier molecular flexibility index (Phi) is 2.68. The first-order valence-electron chi connectivity index (χ1n) is 5.55. The van der Waals surface area contributed by atoms with Crippen LogP contribution in [0.2, 0.25) is 0 Å². The summed E-state index contributed by atoms with van der Waals surface area (Å²) >= 11 is 1.79. The van der Waals surface area contributed by atoms with Gasteiger partial charge in [-0.1, -0.05) is 0 Å². The molecule has 1 aromatic heterocycles. The fourth-order valence-corrected chi connectivity index (χ4v) is 3.27. The molecule has 82 valence electrons. The Balaban J connectivity index is 1.74. The van der Waals surface area contributed by atoms with Crippen LogP contribution in [0, 0.1) is 0 Å². The molecular formula is C10H15N3OS. The van der Waals surface area contributed by atoms with E-state index in [1.165, 1.54) is 16.4 Å². The van der Waals surface area contributed by atoms with Gasteiger partial charge in [-0.25, -0.2) is 0 Å². The third kappa shape index (κ3) is 1.91. The Morgan fingerprint density at radius 1 is 1.20 bits per heavy atom. The Hall–Kier alpha value is -0.520. The minimum absolute atomic E-state index is 0.505.